The number of amides is 1. The Balaban J connectivity index is 1.81. The van der Waals surface area contributed by atoms with E-state index in [4.69, 9.17) is 11.6 Å². The summed E-state index contributed by atoms with van der Waals surface area (Å²) in [5.74, 6) is -0.730. The molecule has 1 amide bonds. The Bertz CT molecular complexity index is 722. The number of benzene rings is 1. The van der Waals surface area contributed by atoms with Crippen LogP contribution >= 0.6 is 11.6 Å². The Kier molecular flexibility index (Phi) is 7.82. The molecule has 1 aromatic rings. The van der Waals surface area contributed by atoms with Crippen LogP contribution in [0.15, 0.2) is 18.2 Å². The minimum absolute atomic E-state index is 0.0413. The molecule has 1 aliphatic rings. The number of nitrogens with zero attached hydrogens (tertiary/aromatic N) is 2. The van der Waals surface area contributed by atoms with Crippen molar-refractivity contribution in [1.82, 2.24) is 9.21 Å². The monoisotopic (exact) mass is 405 g/mol. The highest BCUT2D eigenvalue weighted by Gasteiger charge is 2.27. The lowest BCUT2D eigenvalue weighted by Gasteiger charge is -2.33. The smallest absolute Gasteiger partial charge is 0.238 e. The first-order valence-electron chi connectivity index (χ1n) is 8.77. The van der Waals surface area contributed by atoms with Crippen molar-refractivity contribution >= 4 is 33.2 Å². The minimum Gasteiger partial charge on any atom is -0.322 e. The molecule has 1 aliphatic heterocycles. The topological polar surface area (TPSA) is 69.7 Å². The molecule has 1 fully saturated rings. The van der Waals surface area contributed by atoms with E-state index < -0.39 is 15.8 Å². The van der Waals surface area contributed by atoms with Gasteiger partial charge in [0.05, 0.1) is 18.0 Å². The molecule has 1 saturated heterocycles. The predicted molar refractivity (Wildman–Crippen MR) is 101 cm³/mol. The Labute approximate surface area is 159 Å². The van der Waals surface area contributed by atoms with Crippen LogP contribution in [0.25, 0.3) is 0 Å². The number of halogens is 2. The van der Waals surface area contributed by atoms with Crippen LogP contribution in [0.2, 0.25) is 5.02 Å². The van der Waals surface area contributed by atoms with Crippen molar-refractivity contribution in [3.05, 3.63) is 29.0 Å². The number of rotatable bonds is 8. The van der Waals surface area contributed by atoms with Crippen LogP contribution in [0, 0.1) is 5.82 Å². The molecule has 0 aliphatic carbocycles. The van der Waals surface area contributed by atoms with Gasteiger partial charge in [-0.1, -0.05) is 31.4 Å². The van der Waals surface area contributed by atoms with E-state index in [-0.39, 0.29) is 23.9 Å². The summed E-state index contributed by atoms with van der Waals surface area (Å²) in [6.45, 7) is 3.79. The molecule has 0 spiro atoms. The van der Waals surface area contributed by atoms with Gasteiger partial charge in [0.1, 0.15) is 5.82 Å². The molecule has 9 heteroatoms. The summed E-state index contributed by atoms with van der Waals surface area (Å²) < 4.78 is 39.7. The van der Waals surface area contributed by atoms with E-state index >= 15 is 0 Å². The number of carbonyl (C=O) groups is 1. The molecule has 0 atom stereocenters. The van der Waals surface area contributed by atoms with Crippen molar-refractivity contribution in [1.29, 1.82) is 0 Å². The molecular formula is C17H25ClFN3O3S. The van der Waals surface area contributed by atoms with Crippen molar-refractivity contribution < 1.29 is 17.6 Å². The van der Waals surface area contributed by atoms with Gasteiger partial charge in [0, 0.05) is 31.2 Å². The third-order valence-corrected chi connectivity index (χ3v) is 6.49. The van der Waals surface area contributed by atoms with Crippen molar-refractivity contribution in [3.8, 4) is 0 Å². The maximum atomic E-state index is 13.7. The Morgan fingerprint density at radius 2 is 1.92 bits per heavy atom. The summed E-state index contributed by atoms with van der Waals surface area (Å²) in [6.07, 6.45) is 2.55. The van der Waals surface area contributed by atoms with E-state index in [0.29, 0.717) is 37.6 Å². The number of unbranched alkanes of at least 4 members (excludes halogenated alkanes) is 2. The first-order valence-corrected chi connectivity index (χ1v) is 10.8. The second-order valence-corrected chi connectivity index (χ2v) is 8.90. The van der Waals surface area contributed by atoms with E-state index in [9.17, 15) is 17.6 Å². The molecule has 1 heterocycles. The van der Waals surface area contributed by atoms with Gasteiger partial charge in [-0.15, -0.1) is 0 Å². The van der Waals surface area contributed by atoms with Crippen molar-refractivity contribution in [2.75, 3.05) is 43.8 Å². The van der Waals surface area contributed by atoms with Gasteiger partial charge < -0.3 is 5.32 Å². The van der Waals surface area contributed by atoms with Gasteiger partial charge in [0.25, 0.3) is 0 Å². The van der Waals surface area contributed by atoms with Gasteiger partial charge in [0.2, 0.25) is 15.9 Å². The molecule has 0 unspecified atom stereocenters. The number of nitrogens with one attached hydrogen (secondary N) is 1. The first kappa shape index (κ1) is 21.1. The number of anilines is 1. The van der Waals surface area contributed by atoms with Crippen LogP contribution in [0.5, 0.6) is 0 Å². The SMILES string of the molecule is CCCCCS(=O)(=O)N1CCN(CC(=O)Nc2cc(Cl)ccc2F)CC1. The number of carbonyl (C=O) groups excluding carboxylic acids is 1. The number of hydrogen-bond acceptors (Lipinski definition) is 4. The molecule has 0 bridgehead atoms. The summed E-state index contributed by atoms with van der Waals surface area (Å²) in [6, 6.07) is 3.96. The van der Waals surface area contributed by atoms with E-state index in [2.05, 4.69) is 5.32 Å². The number of hydrogen-bond donors (Lipinski definition) is 1. The highest BCUT2D eigenvalue weighted by atomic mass is 35.5. The maximum Gasteiger partial charge on any atom is 0.238 e. The average Bonchev–Trinajstić information content (AvgIpc) is 2.59. The summed E-state index contributed by atoms with van der Waals surface area (Å²) in [5.41, 5.74) is 0.0413. The van der Waals surface area contributed by atoms with Crippen LogP contribution in [0.3, 0.4) is 0 Å². The van der Waals surface area contributed by atoms with E-state index in [0.717, 1.165) is 12.8 Å². The molecule has 0 aromatic heterocycles. The molecule has 0 saturated carbocycles. The second kappa shape index (κ2) is 9.64. The zero-order chi connectivity index (χ0) is 19.2. The Hall–Kier alpha value is -1.22. The highest BCUT2D eigenvalue weighted by molar-refractivity contribution is 7.89. The molecule has 6 nitrogen and oxygen atoms in total. The lowest BCUT2D eigenvalue weighted by atomic mass is 10.3. The fourth-order valence-corrected chi connectivity index (χ4v) is 4.53. The van der Waals surface area contributed by atoms with Crippen LogP contribution in [-0.2, 0) is 14.8 Å². The molecule has 0 radical (unpaired) electrons. The van der Waals surface area contributed by atoms with Crippen LogP contribution in [-0.4, -0.2) is 62.0 Å². The second-order valence-electron chi connectivity index (χ2n) is 6.37. The summed E-state index contributed by atoms with van der Waals surface area (Å²) in [4.78, 5) is 14.0. The molecule has 146 valence electrons. The predicted octanol–water partition coefficient (Wildman–Crippen LogP) is 2.56. The quantitative estimate of drug-likeness (QED) is 0.675. The van der Waals surface area contributed by atoms with Gasteiger partial charge in [-0.3, -0.25) is 9.69 Å². The highest BCUT2D eigenvalue weighted by Crippen LogP contribution is 2.19. The Morgan fingerprint density at radius 3 is 2.58 bits per heavy atom. The summed E-state index contributed by atoms with van der Waals surface area (Å²) in [7, 11) is -3.22. The Morgan fingerprint density at radius 1 is 1.23 bits per heavy atom. The number of piperazine rings is 1. The molecule has 1 N–H and O–H groups in total. The van der Waals surface area contributed by atoms with Crippen LogP contribution < -0.4 is 5.32 Å². The lowest BCUT2D eigenvalue weighted by molar-refractivity contribution is -0.117. The van der Waals surface area contributed by atoms with Crippen molar-refractivity contribution in [2.24, 2.45) is 0 Å². The maximum absolute atomic E-state index is 13.7. The normalized spacial score (nSPS) is 16.6. The average molecular weight is 406 g/mol. The van der Waals surface area contributed by atoms with E-state index in [1.807, 2.05) is 11.8 Å². The van der Waals surface area contributed by atoms with Gasteiger partial charge in [0.15, 0.2) is 0 Å². The van der Waals surface area contributed by atoms with Gasteiger partial charge in [-0.25, -0.2) is 12.8 Å². The molecular weight excluding hydrogens is 381 g/mol. The summed E-state index contributed by atoms with van der Waals surface area (Å²) in [5, 5.41) is 2.84. The van der Waals surface area contributed by atoms with Crippen molar-refractivity contribution in [2.45, 2.75) is 26.2 Å². The van der Waals surface area contributed by atoms with Crippen LogP contribution in [0.1, 0.15) is 26.2 Å². The van der Waals surface area contributed by atoms with Gasteiger partial charge >= 0.3 is 0 Å². The molecule has 26 heavy (non-hydrogen) atoms. The van der Waals surface area contributed by atoms with Gasteiger partial charge in [-0.2, -0.15) is 4.31 Å². The lowest BCUT2D eigenvalue weighted by Crippen LogP contribution is -2.50. The zero-order valence-electron chi connectivity index (χ0n) is 14.9. The molecule has 2 rings (SSSR count). The summed E-state index contributed by atoms with van der Waals surface area (Å²) >= 11 is 5.81. The largest absolute Gasteiger partial charge is 0.322 e. The molecule has 1 aromatic carbocycles. The van der Waals surface area contributed by atoms with E-state index in [1.54, 1.807) is 0 Å². The third-order valence-electron chi connectivity index (χ3n) is 4.30. The standard InChI is InChI=1S/C17H25ClFN3O3S/c1-2-3-4-11-26(24,25)22-9-7-21(8-10-22)13-17(23)20-16-12-14(18)5-6-15(16)19/h5-6,12H,2-4,7-11,13H2,1H3,(H,20,23). The first-order chi connectivity index (χ1) is 12.3. The van der Waals surface area contributed by atoms with Crippen molar-refractivity contribution in [3.63, 3.8) is 0 Å². The fourth-order valence-electron chi connectivity index (χ4n) is 2.82. The van der Waals surface area contributed by atoms with Gasteiger partial charge in [-0.05, 0) is 24.6 Å². The van der Waals surface area contributed by atoms with E-state index in [1.165, 1.54) is 22.5 Å². The number of sulfonamides is 1. The zero-order valence-corrected chi connectivity index (χ0v) is 16.5. The third kappa shape index (κ3) is 6.19. The fraction of sp³-hybridized carbons (Fsp3) is 0.588. The minimum atomic E-state index is -3.22. The van der Waals surface area contributed by atoms with Crippen LogP contribution in [0.4, 0.5) is 10.1 Å².